The van der Waals surface area contributed by atoms with Crippen molar-refractivity contribution in [3.05, 3.63) is 23.8 Å². The molecule has 0 aliphatic heterocycles. The largest absolute Gasteiger partial charge is 0.504 e. The average molecular weight is 279 g/mol. The minimum atomic E-state index is -0.155. The van der Waals surface area contributed by atoms with Gasteiger partial charge < -0.3 is 20.3 Å². The van der Waals surface area contributed by atoms with Crippen molar-refractivity contribution in [1.29, 1.82) is 0 Å². The van der Waals surface area contributed by atoms with Crippen LogP contribution < -0.4 is 10.1 Å². The van der Waals surface area contributed by atoms with Crippen molar-refractivity contribution in [3.63, 3.8) is 0 Å². The van der Waals surface area contributed by atoms with Gasteiger partial charge in [-0.3, -0.25) is 0 Å². The Balaban J connectivity index is 1.99. The SMILES string of the molecule is COc1cc(CNC2(CO)CCC(C)CC2)ccc1O. The van der Waals surface area contributed by atoms with Crippen LogP contribution in [0, 0.1) is 5.92 Å². The molecule has 0 unspecified atom stereocenters. The fourth-order valence-corrected chi connectivity index (χ4v) is 2.83. The van der Waals surface area contributed by atoms with E-state index >= 15 is 0 Å². The molecule has 0 aromatic heterocycles. The number of aliphatic hydroxyl groups is 1. The summed E-state index contributed by atoms with van der Waals surface area (Å²) < 4.78 is 5.12. The lowest BCUT2D eigenvalue weighted by atomic mass is 9.77. The first kappa shape index (κ1) is 15.1. The summed E-state index contributed by atoms with van der Waals surface area (Å²) in [7, 11) is 1.55. The van der Waals surface area contributed by atoms with Crippen molar-refractivity contribution in [2.45, 2.75) is 44.7 Å². The van der Waals surface area contributed by atoms with Crippen LogP contribution in [-0.4, -0.2) is 29.5 Å². The molecule has 1 aliphatic carbocycles. The van der Waals surface area contributed by atoms with Gasteiger partial charge >= 0.3 is 0 Å². The Morgan fingerprint density at radius 1 is 1.35 bits per heavy atom. The van der Waals surface area contributed by atoms with E-state index in [0.29, 0.717) is 12.3 Å². The molecule has 0 spiro atoms. The molecule has 0 radical (unpaired) electrons. The molecule has 4 nitrogen and oxygen atoms in total. The number of rotatable bonds is 5. The maximum Gasteiger partial charge on any atom is 0.160 e. The second-order valence-corrected chi connectivity index (χ2v) is 5.98. The molecule has 1 aliphatic rings. The van der Waals surface area contributed by atoms with Gasteiger partial charge in [-0.15, -0.1) is 0 Å². The van der Waals surface area contributed by atoms with Gasteiger partial charge in [0.1, 0.15) is 0 Å². The predicted octanol–water partition coefficient (Wildman–Crippen LogP) is 2.43. The number of methoxy groups -OCH3 is 1. The van der Waals surface area contributed by atoms with Crippen LogP contribution in [0.4, 0.5) is 0 Å². The lowest BCUT2D eigenvalue weighted by molar-refractivity contribution is 0.104. The number of hydrogen-bond acceptors (Lipinski definition) is 4. The summed E-state index contributed by atoms with van der Waals surface area (Å²) in [6.07, 6.45) is 4.35. The van der Waals surface area contributed by atoms with Gasteiger partial charge in [0.2, 0.25) is 0 Å². The number of hydrogen-bond donors (Lipinski definition) is 3. The second kappa shape index (κ2) is 6.46. The number of phenolic OH excluding ortho intramolecular Hbond substituents is 1. The first-order chi connectivity index (χ1) is 9.58. The Morgan fingerprint density at radius 2 is 2.05 bits per heavy atom. The van der Waals surface area contributed by atoms with Gasteiger partial charge in [0.05, 0.1) is 13.7 Å². The molecule has 2 rings (SSSR count). The molecule has 0 bridgehead atoms. The normalized spacial score (nSPS) is 26.4. The van der Waals surface area contributed by atoms with E-state index in [4.69, 9.17) is 4.74 Å². The van der Waals surface area contributed by atoms with Gasteiger partial charge in [-0.25, -0.2) is 0 Å². The van der Waals surface area contributed by atoms with E-state index in [2.05, 4.69) is 12.2 Å². The minimum absolute atomic E-state index is 0.152. The van der Waals surface area contributed by atoms with Gasteiger partial charge in [-0.2, -0.15) is 0 Å². The van der Waals surface area contributed by atoms with Crippen LogP contribution in [0.5, 0.6) is 11.5 Å². The minimum Gasteiger partial charge on any atom is -0.504 e. The van der Waals surface area contributed by atoms with Crippen molar-refractivity contribution in [1.82, 2.24) is 5.32 Å². The summed E-state index contributed by atoms with van der Waals surface area (Å²) in [5.41, 5.74) is 0.892. The highest BCUT2D eigenvalue weighted by Gasteiger charge is 2.32. The van der Waals surface area contributed by atoms with Gasteiger partial charge in [-0.1, -0.05) is 13.0 Å². The molecule has 0 amide bonds. The number of ether oxygens (including phenoxy) is 1. The molecule has 0 atom stereocenters. The third kappa shape index (κ3) is 3.44. The van der Waals surface area contributed by atoms with Crippen LogP contribution in [0.25, 0.3) is 0 Å². The summed E-state index contributed by atoms with van der Waals surface area (Å²) in [5, 5.41) is 22.8. The highest BCUT2D eigenvalue weighted by atomic mass is 16.5. The van der Waals surface area contributed by atoms with Crippen LogP contribution >= 0.6 is 0 Å². The molecular formula is C16H25NO3. The molecule has 1 saturated carbocycles. The molecule has 1 aromatic carbocycles. The Bertz CT molecular complexity index is 439. The quantitative estimate of drug-likeness (QED) is 0.774. The first-order valence-corrected chi connectivity index (χ1v) is 7.30. The summed E-state index contributed by atoms with van der Waals surface area (Å²) >= 11 is 0. The highest BCUT2D eigenvalue weighted by Crippen LogP contribution is 2.32. The van der Waals surface area contributed by atoms with Gasteiger partial charge in [-0.05, 0) is 49.3 Å². The Labute approximate surface area is 120 Å². The van der Waals surface area contributed by atoms with E-state index in [1.54, 1.807) is 13.2 Å². The van der Waals surface area contributed by atoms with Crippen molar-refractivity contribution in [2.24, 2.45) is 5.92 Å². The lowest BCUT2D eigenvalue weighted by Gasteiger charge is -2.39. The van der Waals surface area contributed by atoms with Crippen molar-refractivity contribution >= 4 is 0 Å². The number of benzene rings is 1. The number of aliphatic hydroxyl groups excluding tert-OH is 1. The van der Waals surface area contributed by atoms with Crippen molar-refractivity contribution < 1.29 is 14.9 Å². The summed E-state index contributed by atoms with van der Waals surface area (Å²) in [6, 6.07) is 5.35. The van der Waals surface area contributed by atoms with E-state index in [-0.39, 0.29) is 17.9 Å². The van der Waals surface area contributed by atoms with Crippen LogP contribution in [0.2, 0.25) is 0 Å². The predicted molar refractivity (Wildman–Crippen MR) is 78.9 cm³/mol. The number of nitrogens with one attached hydrogen (secondary N) is 1. The summed E-state index contributed by atoms with van der Waals surface area (Å²) in [6.45, 7) is 3.12. The molecule has 4 heteroatoms. The standard InChI is InChI=1S/C16H25NO3/c1-12-5-7-16(11-18,8-6-12)17-10-13-3-4-14(19)15(9-13)20-2/h3-4,9,12,17-19H,5-8,10-11H2,1-2H3. The van der Waals surface area contributed by atoms with Crippen molar-refractivity contribution in [2.75, 3.05) is 13.7 Å². The molecule has 0 saturated heterocycles. The van der Waals surface area contributed by atoms with Gasteiger partial charge in [0.15, 0.2) is 11.5 Å². The smallest absolute Gasteiger partial charge is 0.160 e. The zero-order valence-corrected chi connectivity index (χ0v) is 12.4. The molecule has 3 N–H and O–H groups in total. The third-order valence-corrected chi connectivity index (χ3v) is 4.45. The van der Waals surface area contributed by atoms with E-state index in [9.17, 15) is 10.2 Å². The van der Waals surface area contributed by atoms with Gasteiger partial charge in [0, 0.05) is 12.1 Å². The van der Waals surface area contributed by atoms with Crippen molar-refractivity contribution in [3.8, 4) is 11.5 Å². The molecule has 20 heavy (non-hydrogen) atoms. The first-order valence-electron chi connectivity index (χ1n) is 7.30. The molecular weight excluding hydrogens is 254 g/mol. The zero-order valence-electron chi connectivity index (χ0n) is 12.4. The van der Waals surface area contributed by atoms with E-state index < -0.39 is 0 Å². The lowest BCUT2D eigenvalue weighted by Crippen LogP contribution is -2.50. The number of aromatic hydroxyl groups is 1. The van der Waals surface area contributed by atoms with Gasteiger partial charge in [0.25, 0.3) is 0 Å². The fourth-order valence-electron chi connectivity index (χ4n) is 2.83. The third-order valence-electron chi connectivity index (χ3n) is 4.45. The highest BCUT2D eigenvalue weighted by molar-refractivity contribution is 5.41. The number of phenols is 1. The zero-order chi connectivity index (χ0) is 14.6. The second-order valence-electron chi connectivity index (χ2n) is 5.98. The van der Waals surface area contributed by atoms with E-state index in [1.165, 1.54) is 0 Å². The summed E-state index contributed by atoms with van der Waals surface area (Å²) in [5.74, 6) is 1.39. The van der Waals surface area contributed by atoms with Crippen LogP contribution in [0.3, 0.4) is 0 Å². The molecule has 1 fully saturated rings. The molecule has 0 heterocycles. The van der Waals surface area contributed by atoms with E-state index in [1.807, 2.05) is 12.1 Å². The average Bonchev–Trinajstić information content (AvgIpc) is 2.48. The maximum atomic E-state index is 9.72. The molecule has 112 valence electrons. The topological polar surface area (TPSA) is 61.7 Å². The Kier molecular flexibility index (Phi) is 4.89. The van der Waals surface area contributed by atoms with Crippen LogP contribution in [-0.2, 0) is 6.54 Å². The fraction of sp³-hybridized carbons (Fsp3) is 0.625. The summed E-state index contributed by atoms with van der Waals surface area (Å²) in [4.78, 5) is 0. The van der Waals surface area contributed by atoms with Crippen LogP contribution in [0.15, 0.2) is 18.2 Å². The van der Waals surface area contributed by atoms with E-state index in [0.717, 1.165) is 37.2 Å². The van der Waals surface area contributed by atoms with Crippen LogP contribution in [0.1, 0.15) is 38.2 Å². The maximum absolute atomic E-state index is 9.72. The Hall–Kier alpha value is -1.26. The Morgan fingerprint density at radius 3 is 2.65 bits per heavy atom. The molecule has 1 aromatic rings. The monoisotopic (exact) mass is 279 g/mol.